The van der Waals surface area contributed by atoms with Crippen molar-refractivity contribution in [2.24, 2.45) is 10.1 Å². The molecule has 0 fully saturated rings. The van der Waals surface area contributed by atoms with Crippen molar-refractivity contribution in [1.82, 2.24) is 9.66 Å². The lowest BCUT2D eigenvalue weighted by Crippen LogP contribution is -2.16. The maximum Gasteiger partial charge on any atom is 0.211 e. The Morgan fingerprint density at radius 1 is 1.06 bits per heavy atom. The number of pyridine rings is 1. The van der Waals surface area contributed by atoms with E-state index in [1.807, 2.05) is 42.6 Å². The van der Waals surface area contributed by atoms with Crippen LogP contribution in [0.25, 0.3) is 11.3 Å². The molecule has 0 saturated carbocycles. The summed E-state index contributed by atoms with van der Waals surface area (Å²) in [4.78, 5) is 9.40. The summed E-state index contributed by atoms with van der Waals surface area (Å²) >= 11 is 1.38. The van der Waals surface area contributed by atoms with Crippen LogP contribution in [0.1, 0.15) is 12.5 Å². The second-order valence-electron chi connectivity index (χ2n) is 7.06. The first-order valence-electron chi connectivity index (χ1n) is 10.0. The van der Waals surface area contributed by atoms with E-state index >= 15 is 0 Å². The molecule has 0 N–H and O–H groups in total. The first kappa shape index (κ1) is 20.1. The maximum atomic E-state index is 14.6. The fraction of sp³-hybridized carbons (Fsp3) is 0.125. The van der Waals surface area contributed by atoms with Gasteiger partial charge in [0.05, 0.1) is 23.3 Å². The third kappa shape index (κ3) is 4.04. The number of hydrogen-bond donors (Lipinski definition) is 0. The van der Waals surface area contributed by atoms with Crippen LogP contribution in [0.2, 0.25) is 0 Å². The van der Waals surface area contributed by atoms with Gasteiger partial charge in [0.2, 0.25) is 4.80 Å². The Labute approximate surface area is 187 Å². The van der Waals surface area contributed by atoms with E-state index in [0.717, 1.165) is 17.0 Å². The van der Waals surface area contributed by atoms with Crippen molar-refractivity contribution in [1.29, 1.82) is 0 Å². The summed E-state index contributed by atoms with van der Waals surface area (Å²) in [6, 6.07) is 16.0. The van der Waals surface area contributed by atoms with E-state index in [1.54, 1.807) is 35.3 Å². The summed E-state index contributed by atoms with van der Waals surface area (Å²) in [6.07, 6.45) is 3.36. The zero-order valence-corrected chi connectivity index (χ0v) is 18.1. The molecule has 4 aromatic rings. The standard InChI is InChI=1S/C24H19FN4O2S/c1-16(17-8-9-22-23(13-17)31-12-11-30-22)28-29-21(19-6-2-3-7-20(19)25)15-32-24(29)27-18-5-4-10-26-14-18/h2-10,13-15H,11-12H2,1H3. The molecule has 0 aliphatic carbocycles. The number of thiazole rings is 1. The lowest BCUT2D eigenvalue weighted by molar-refractivity contribution is 0.171. The summed E-state index contributed by atoms with van der Waals surface area (Å²) in [7, 11) is 0. The second kappa shape index (κ2) is 8.76. The van der Waals surface area contributed by atoms with Gasteiger partial charge in [-0.1, -0.05) is 12.1 Å². The molecule has 1 aliphatic rings. The number of halogens is 1. The lowest BCUT2D eigenvalue weighted by atomic mass is 10.1. The minimum Gasteiger partial charge on any atom is -0.486 e. The zero-order valence-electron chi connectivity index (χ0n) is 17.2. The molecular formula is C24H19FN4O2S. The molecule has 160 valence electrons. The molecule has 0 radical (unpaired) electrons. The predicted octanol–water partition coefficient (Wildman–Crippen LogP) is 5.03. The van der Waals surface area contributed by atoms with Gasteiger partial charge < -0.3 is 9.47 Å². The van der Waals surface area contributed by atoms with Crippen LogP contribution >= 0.6 is 11.3 Å². The molecule has 2 aromatic carbocycles. The Morgan fingerprint density at radius 2 is 1.91 bits per heavy atom. The van der Waals surface area contributed by atoms with E-state index in [9.17, 15) is 4.39 Å². The van der Waals surface area contributed by atoms with Crippen molar-refractivity contribution in [2.45, 2.75) is 6.92 Å². The van der Waals surface area contributed by atoms with Crippen LogP contribution in [0, 0.1) is 5.82 Å². The Hall–Kier alpha value is -3.78. The van der Waals surface area contributed by atoms with E-state index in [4.69, 9.17) is 14.6 Å². The number of rotatable bonds is 4. The van der Waals surface area contributed by atoms with Crippen molar-refractivity contribution in [3.05, 3.63) is 88.6 Å². The minimum absolute atomic E-state index is 0.320. The number of aromatic nitrogens is 2. The molecule has 2 aromatic heterocycles. The van der Waals surface area contributed by atoms with Crippen molar-refractivity contribution >= 4 is 22.7 Å². The Morgan fingerprint density at radius 3 is 2.72 bits per heavy atom. The molecule has 0 atom stereocenters. The molecular weight excluding hydrogens is 427 g/mol. The average Bonchev–Trinajstić information content (AvgIpc) is 3.21. The Kier molecular flexibility index (Phi) is 5.51. The number of ether oxygens (including phenoxy) is 2. The smallest absolute Gasteiger partial charge is 0.211 e. The van der Waals surface area contributed by atoms with Crippen molar-refractivity contribution in [2.75, 3.05) is 13.2 Å². The second-order valence-corrected chi connectivity index (χ2v) is 7.90. The number of fused-ring (bicyclic) bond motifs is 1. The number of nitrogens with zero attached hydrogens (tertiary/aromatic N) is 4. The van der Waals surface area contributed by atoms with E-state index in [-0.39, 0.29) is 5.82 Å². The monoisotopic (exact) mass is 446 g/mol. The molecule has 5 rings (SSSR count). The van der Waals surface area contributed by atoms with Crippen LogP contribution in [0.15, 0.2) is 82.5 Å². The average molecular weight is 447 g/mol. The third-order valence-electron chi connectivity index (χ3n) is 4.92. The summed E-state index contributed by atoms with van der Waals surface area (Å²) < 4.78 is 27.6. The molecule has 32 heavy (non-hydrogen) atoms. The fourth-order valence-electron chi connectivity index (χ4n) is 3.33. The molecule has 3 heterocycles. The Balaban J connectivity index is 1.65. The molecule has 8 heteroatoms. The normalized spacial score (nSPS) is 13.9. The highest BCUT2D eigenvalue weighted by molar-refractivity contribution is 7.07. The van der Waals surface area contributed by atoms with Crippen LogP contribution in [0.3, 0.4) is 0 Å². The summed E-state index contributed by atoms with van der Waals surface area (Å²) in [6.45, 7) is 2.95. The van der Waals surface area contributed by atoms with Gasteiger partial charge in [0, 0.05) is 22.7 Å². The van der Waals surface area contributed by atoms with Gasteiger partial charge in [0.15, 0.2) is 11.5 Å². The Bertz CT molecular complexity index is 1360. The summed E-state index contributed by atoms with van der Waals surface area (Å²) in [5.74, 6) is 1.09. The van der Waals surface area contributed by atoms with Gasteiger partial charge in [0.1, 0.15) is 19.0 Å². The molecule has 0 unspecified atom stereocenters. The van der Waals surface area contributed by atoms with E-state index in [1.165, 1.54) is 17.4 Å². The largest absolute Gasteiger partial charge is 0.486 e. The van der Waals surface area contributed by atoms with Crippen LogP contribution in [0.4, 0.5) is 10.1 Å². The van der Waals surface area contributed by atoms with Crippen molar-refractivity contribution in [3.63, 3.8) is 0 Å². The molecule has 0 spiro atoms. The van der Waals surface area contributed by atoms with Gasteiger partial charge >= 0.3 is 0 Å². The lowest BCUT2D eigenvalue weighted by Gasteiger charge is -2.18. The molecule has 6 nitrogen and oxygen atoms in total. The highest BCUT2D eigenvalue weighted by atomic mass is 32.1. The minimum atomic E-state index is -0.320. The van der Waals surface area contributed by atoms with Gasteiger partial charge in [0.25, 0.3) is 0 Å². The first-order chi connectivity index (χ1) is 15.7. The highest BCUT2D eigenvalue weighted by Gasteiger charge is 2.15. The molecule has 1 aliphatic heterocycles. The predicted molar refractivity (Wildman–Crippen MR) is 122 cm³/mol. The number of benzene rings is 2. The number of hydrogen-bond acceptors (Lipinski definition) is 6. The quantitative estimate of drug-likeness (QED) is 0.413. The van der Waals surface area contributed by atoms with Crippen LogP contribution < -0.4 is 14.3 Å². The van der Waals surface area contributed by atoms with E-state index < -0.39 is 0 Å². The zero-order chi connectivity index (χ0) is 21.9. The van der Waals surface area contributed by atoms with E-state index in [2.05, 4.69) is 9.98 Å². The maximum absolute atomic E-state index is 14.6. The van der Waals surface area contributed by atoms with Gasteiger partial charge in [-0.2, -0.15) is 5.10 Å². The van der Waals surface area contributed by atoms with Gasteiger partial charge in [-0.25, -0.2) is 14.1 Å². The molecule has 0 saturated heterocycles. The first-order valence-corrected chi connectivity index (χ1v) is 10.9. The van der Waals surface area contributed by atoms with Crippen LogP contribution in [-0.2, 0) is 0 Å². The fourth-order valence-corrected chi connectivity index (χ4v) is 4.18. The van der Waals surface area contributed by atoms with E-state index in [0.29, 0.717) is 40.7 Å². The third-order valence-corrected chi connectivity index (χ3v) is 5.73. The molecule has 0 amide bonds. The van der Waals surface area contributed by atoms with Gasteiger partial charge in [-0.15, -0.1) is 11.3 Å². The summed E-state index contributed by atoms with van der Waals surface area (Å²) in [5, 5.41) is 6.67. The summed E-state index contributed by atoms with van der Waals surface area (Å²) in [5.41, 5.74) is 3.36. The van der Waals surface area contributed by atoms with Gasteiger partial charge in [-0.05, 0) is 49.4 Å². The van der Waals surface area contributed by atoms with Crippen LogP contribution in [-0.4, -0.2) is 28.6 Å². The van der Waals surface area contributed by atoms with Crippen molar-refractivity contribution < 1.29 is 13.9 Å². The topological polar surface area (TPSA) is 61.0 Å². The van der Waals surface area contributed by atoms with Crippen molar-refractivity contribution in [3.8, 4) is 22.8 Å². The van der Waals surface area contributed by atoms with Gasteiger partial charge in [-0.3, -0.25) is 4.98 Å². The molecule has 0 bridgehead atoms. The van der Waals surface area contributed by atoms with Crippen LogP contribution in [0.5, 0.6) is 11.5 Å². The SMILES string of the molecule is CC(=Nn1c(-c2ccccc2F)csc1=Nc1cccnc1)c1ccc2c(c1)OCCO2. The highest BCUT2D eigenvalue weighted by Crippen LogP contribution is 2.31.